The van der Waals surface area contributed by atoms with Gasteiger partial charge in [-0.1, -0.05) is 25.5 Å². The summed E-state index contributed by atoms with van der Waals surface area (Å²) in [7, 11) is 0. The zero-order chi connectivity index (χ0) is 15.5. The second kappa shape index (κ2) is 5.10. The maximum Gasteiger partial charge on any atom is 0.0543 e. The first-order valence-electron chi connectivity index (χ1n) is 9.83. The Labute approximate surface area is 136 Å². The fraction of sp³-hybridized carbons (Fsp3) is 0.905. The first-order valence-corrected chi connectivity index (χ1v) is 9.83. The van der Waals surface area contributed by atoms with Gasteiger partial charge in [0.1, 0.15) is 0 Å². The van der Waals surface area contributed by atoms with Crippen LogP contribution in [0.2, 0.25) is 0 Å². The van der Waals surface area contributed by atoms with Crippen molar-refractivity contribution in [2.75, 3.05) is 0 Å². The van der Waals surface area contributed by atoms with Crippen LogP contribution >= 0.6 is 0 Å². The normalized spacial score (nSPS) is 56.4. The number of hydrogen-bond donors (Lipinski definition) is 1. The summed E-state index contributed by atoms with van der Waals surface area (Å²) in [5, 5.41) is 10.1. The molecule has 4 aliphatic rings. The summed E-state index contributed by atoms with van der Waals surface area (Å²) < 4.78 is 0. The van der Waals surface area contributed by atoms with Crippen molar-refractivity contribution in [3.8, 4) is 0 Å². The van der Waals surface area contributed by atoms with Crippen LogP contribution in [0.25, 0.3) is 0 Å². The molecule has 4 rings (SSSR count). The molecule has 4 saturated carbocycles. The molecule has 4 fully saturated rings. The van der Waals surface area contributed by atoms with Crippen molar-refractivity contribution in [2.24, 2.45) is 34.5 Å². The number of rotatable bonds is 0. The van der Waals surface area contributed by atoms with Gasteiger partial charge in [0, 0.05) is 0 Å². The molecule has 1 N–H and O–H groups in total. The first-order chi connectivity index (χ1) is 10.5. The van der Waals surface area contributed by atoms with Crippen molar-refractivity contribution < 1.29 is 5.11 Å². The molecule has 0 aliphatic heterocycles. The molecule has 0 heterocycles. The zero-order valence-corrected chi connectivity index (χ0v) is 14.8. The standard InChI is InChI=1S/C21H34O/c1-4-14-6-8-18-17-7-5-15-13-16(22)9-11-21(15,3)19(17)10-12-20(14,18)2/h4,15-19,22H,5-13H2,1-3H3/t15-,16-,17+,18+,19+,20-,21+/m1/s1. The lowest BCUT2D eigenvalue weighted by molar-refractivity contribution is -0.116. The summed E-state index contributed by atoms with van der Waals surface area (Å²) in [5.41, 5.74) is 2.82. The average molecular weight is 303 g/mol. The molecule has 4 aliphatic carbocycles. The average Bonchev–Trinajstić information content (AvgIpc) is 2.84. The third-order valence-electron chi connectivity index (χ3n) is 8.83. The smallest absolute Gasteiger partial charge is 0.0543 e. The third-order valence-corrected chi connectivity index (χ3v) is 8.83. The van der Waals surface area contributed by atoms with Gasteiger partial charge in [0.05, 0.1) is 6.10 Å². The van der Waals surface area contributed by atoms with Crippen molar-refractivity contribution in [1.29, 1.82) is 0 Å². The van der Waals surface area contributed by atoms with E-state index in [1.165, 1.54) is 44.9 Å². The van der Waals surface area contributed by atoms with Crippen LogP contribution in [0.4, 0.5) is 0 Å². The van der Waals surface area contributed by atoms with Crippen LogP contribution < -0.4 is 0 Å². The topological polar surface area (TPSA) is 20.2 Å². The van der Waals surface area contributed by atoms with Gasteiger partial charge in [-0.05, 0) is 99.2 Å². The molecule has 0 spiro atoms. The van der Waals surface area contributed by atoms with Crippen LogP contribution in [0.5, 0.6) is 0 Å². The number of allylic oxidation sites excluding steroid dienone is 2. The van der Waals surface area contributed by atoms with Gasteiger partial charge in [-0.25, -0.2) is 0 Å². The molecule has 0 unspecified atom stereocenters. The number of aliphatic hydroxyl groups excluding tert-OH is 1. The molecule has 1 nitrogen and oxygen atoms in total. The predicted octanol–water partition coefficient (Wildman–Crippen LogP) is 5.34. The molecule has 7 atom stereocenters. The van der Waals surface area contributed by atoms with Crippen LogP contribution in [-0.4, -0.2) is 11.2 Å². The third kappa shape index (κ3) is 1.93. The fourth-order valence-electron chi connectivity index (χ4n) is 7.56. The predicted molar refractivity (Wildman–Crippen MR) is 91.5 cm³/mol. The maximum atomic E-state index is 10.1. The summed E-state index contributed by atoms with van der Waals surface area (Å²) in [6.45, 7) is 7.43. The lowest BCUT2D eigenvalue weighted by Crippen LogP contribution is -2.53. The van der Waals surface area contributed by atoms with E-state index in [0.717, 1.165) is 36.5 Å². The van der Waals surface area contributed by atoms with Crippen LogP contribution in [0.15, 0.2) is 11.6 Å². The Morgan fingerprint density at radius 2 is 1.82 bits per heavy atom. The van der Waals surface area contributed by atoms with E-state index in [4.69, 9.17) is 0 Å². The van der Waals surface area contributed by atoms with E-state index < -0.39 is 0 Å². The van der Waals surface area contributed by atoms with Gasteiger partial charge in [-0.3, -0.25) is 0 Å². The summed E-state index contributed by atoms with van der Waals surface area (Å²) in [6.07, 6.45) is 14.3. The molecular weight excluding hydrogens is 268 g/mol. The minimum absolute atomic E-state index is 0.00964. The first kappa shape index (κ1) is 15.2. The molecule has 22 heavy (non-hydrogen) atoms. The highest BCUT2D eigenvalue weighted by atomic mass is 16.3. The Bertz CT molecular complexity index is 480. The largest absolute Gasteiger partial charge is 0.393 e. The van der Waals surface area contributed by atoms with Crippen molar-refractivity contribution in [1.82, 2.24) is 0 Å². The minimum Gasteiger partial charge on any atom is -0.393 e. The fourth-order valence-corrected chi connectivity index (χ4v) is 7.56. The number of aliphatic hydroxyl groups is 1. The molecule has 124 valence electrons. The van der Waals surface area contributed by atoms with E-state index in [1.54, 1.807) is 5.57 Å². The van der Waals surface area contributed by atoms with Gasteiger partial charge in [0.2, 0.25) is 0 Å². The minimum atomic E-state index is -0.00964. The summed E-state index contributed by atoms with van der Waals surface area (Å²) in [4.78, 5) is 0. The number of fused-ring (bicyclic) bond motifs is 5. The number of hydrogen-bond acceptors (Lipinski definition) is 1. The van der Waals surface area contributed by atoms with Gasteiger partial charge in [-0.2, -0.15) is 0 Å². The van der Waals surface area contributed by atoms with Crippen molar-refractivity contribution >= 4 is 0 Å². The SMILES string of the molecule is CC=C1CC[C@H]2[C@@H]3CC[C@@H]4C[C@H](O)CC[C@]4(C)[C@H]3CC[C@]12C. The maximum absolute atomic E-state index is 10.1. The highest BCUT2D eigenvalue weighted by Crippen LogP contribution is 2.67. The Balaban J connectivity index is 1.63. The highest BCUT2D eigenvalue weighted by molar-refractivity contribution is 5.23. The molecule has 0 aromatic rings. The van der Waals surface area contributed by atoms with E-state index in [0.29, 0.717) is 10.8 Å². The Morgan fingerprint density at radius 1 is 1.00 bits per heavy atom. The Morgan fingerprint density at radius 3 is 2.59 bits per heavy atom. The molecular formula is C21H34O. The molecule has 0 saturated heterocycles. The van der Waals surface area contributed by atoms with Gasteiger partial charge in [0.25, 0.3) is 0 Å². The Kier molecular flexibility index (Phi) is 3.53. The summed E-state index contributed by atoms with van der Waals surface area (Å²) in [5.74, 6) is 3.65. The van der Waals surface area contributed by atoms with Crippen molar-refractivity contribution in [3.63, 3.8) is 0 Å². The van der Waals surface area contributed by atoms with Crippen LogP contribution in [0.3, 0.4) is 0 Å². The highest BCUT2D eigenvalue weighted by Gasteiger charge is 2.58. The van der Waals surface area contributed by atoms with Gasteiger partial charge in [-0.15, -0.1) is 0 Å². The van der Waals surface area contributed by atoms with Gasteiger partial charge >= 0.3 is 0 Å². The molecule has 0 radical (unpaired) electrons. The van der Waals surface area contributed by atoms with Crippen LogP contribution in [-0.2, 0) is 0 Å². The van der Waals surface area contributed by atoms with Crippen molar-refractivity contribution in [3.05, 3.63) is 11.6 Å². The van der Waals surface area contributed by atoms with Crippen LogP contribution in [0, 0.1) is 34.5 Å². The van der Waals surface area contributed by atoms with Crippen LogP contribution in [0.1, 0.15) is 78.6 Å². The lowest BCUT2D eigenvalue weighted by atomic mass is 9.45. The Hall–Kier alpha value is -0.300. The second-order valence-corrected chi connectivity index (χ2v) is 9.39. The van der Waals surface area contributed by atoms with E-state index in [1.807, 2.05) is 0 Å². The van der Waals surface area contributed by atoms with Gasteiger partial charge in [0.15, 0.2) is 0 Å². The van der Waals surface area contributed by atoms with E-state index in [9.17, 15) is 5.11 Å². The van der Waals surface area contributed by atoms with E-state index in [-0.39, 0.29) is 6.10 Å². The molecule has 0 aromatic carbocycles. The van der Waals surface area contributed by atoms with Gasteiger partial charge < -0.3 is 5.11 Å². The zero-order valence-electron chi connectivity index (χ0n) is 14.8. The molecule has 0 bridgehead atoms. The lowest BCUT2D eigenvalue weighted by Gasteiger charge is -2.60. The summed E-state index contributed by atoms with van der Waals surface area (Å²) in [6, 6.07) is 0. The monoisotopic (exact) mass is 302 g/mol. The van der Waals surface area contributed by atoms with E-state index in [2.05, 4.69) is 26.8 Å². The summed E-state index contributed by atoms with van der Waals surface area (Å²) >= 11 is 0. The van der Waals surface area contributed by atoms with Crippen molar-refractivity contribution in [2.45, 2.75) is 84.7 Å². The molecule has 1 heteroatoms. The second-order valence-electron chi connectivity index (χ2n) is 9.39. The molecule has 0 amide bonds. The van der Waals surface area contributed by atoms with E-state index >= 15 is 0 Å². The molecule has 0 aromatic heterocycles. The quantitative estimate of drug-likeness (QED) is 0.599.